The fourth-order valence-electron chi connectivity index (χ4n) is 9.65. The highest BCUT2D eigenvalue weighted by Crippen LogP contribution is 2.65. The molecule has 4 aromatic rings. The Morgan fingerprint density at radius 1 is 0.850 bits per heavy atom. The summed E-state index contributed by atoms with van der Waals surface area (Å²) >= 11 is 19.3. The standard InChI is InChI=1S/C41H33Cl3N6O10/c1-46(2)36-31(49(56)57)16-22(17-32(36)50(58)59)47-37(52)25-11-10-24-26(34(25)39(47)54)18-28-38(53)48(45-30-12-6-21(43)15-29(30)44)40(55)41(28,19-4-8-23(60-3)9-5-19)35(24)27-14-20(42)7-13-33(27)51/h4-10,12-17,25-26,28,34-35,45,51H,11,18H2,1-3H3. The quantitative estimate of drug-likeness (QED) is 0.0729. The van der Waals surface area contributed by atoms with Crippen LogP contribution in [0, 0.1) is 43.9 Å². The van der Waals surface area contributed by atoms with Gasteiger partial charge in [0.05, 0.1) is 56.5 Å². The van der Waals surface area contributed by atoms with Crippen LogP contribution in [-0.4, -0.2) is 64.8 Å². The molecule has 4 amide bonds. The Morgan fingerprint density at radius 2 is 1.48 bits per heavy atom. The molecule has 3 fully saturated rings. The number of imide groups is 2. The van der Waals surface area contributed by atoms with Gasteiger partial charge in [-0.3, -0.25) is 44.8 Å². The number of methoxy groups -OCH3 is 1. The number of carbonyl (C=O) groups excluding carboxylic acids is 4. The molecular formula is C41H33Cl3N6O10. The van der Waals surface area contributed by atoms with Crippen LogP contribution >= 0.6 is 34.8 Å². The van der Waals surface area contributed by atoms with E-state index in [9.17, 15) is 39.7 Å². The topological polar surface area (TPSA) is 206 Å². The Bertz CT molecular complexity index is 2570. The molecule has 16 nitrogen and oxygen atoms in total. The number of aromatic hydroxyl groups is 1. The largest absolute Gasteiger partial charge is 0.508 e. The van der Waals surface area contributed by atoms with Gasteiger partial charge >= 0.3 is 11.4 Å². The van der Waals surface area contributed by atoms with E-state index in [4.69, 9.17) is 39.5 Å². The number of halogens is 3. The van der Waals surface area contributed by atoms with E-state index in [1.165, 1.54) is 62.5 Å². The third-order valence-electron chi connectivity index (χ3n) is 12.0. The summed E-state index contributed by atoms with van der Waals surface area (Å²) in [5.41, 5.74) is 0.200. The van der Waals surface area contributed by atoms with E-state index >= 15 is 4.79 Å². The van der Waals surface area contributed by atoms with Gasteiger partial charge in [0.2, 0.25) is 11.8 Å². The third-order valence-corrected chi connectivity index (χ3v) is 12.8. The van der Waals surface area contributed by atoms with Crippen molar-refractivity contribution < 1.29 is 38.9 Å². The smallest absolute Gasteiger partial charge is 0.301 e. The number of phenolic OH excluding ortho intramolecular Hbond substituents is 1. The molecule has 8 rings (SSSR count). The predicted molar refractivity (Wildman–Crippen MR) is 220 cm³/mol. The number of phenols is 1. The molecular weight excluding hydrogens is 843 g/mol. The Kier molecular flexibility index (Phi) is 10.00. The van der Waals surface area contributed by atoms with Crippen molar-refractivity contribution in [3.05, 3.63) is 131 Å². The summed E-state index contributed by atoms with van der Waals surface area (Å²) in [5.74, 6) is -8.34. The number of hydrogen-bond acceptors (Lipinski definition) is 12. The number of amides is 4. The first kappa shape index (κ1) is 40.5. The van der Waals surface area contributed by atoms with Gasteiger partial charge in [0.15, 0.2) is 5.69 Å². The number of benzene rings is 4. The van der Waals surface area contributed by atoms with E-state index in [0.29, 0.717) is 21.9 Å². The molecule has 2 aliphatic heterocycles. The molecule has 2 heterocycles. The molecule has 0 aromatic heterocycles. The van der Waals surface area contributed by atoms with Crippen molar-refractivity contribution in [1.82, 2.24) is 5.01 Å². The minimum absolute atomic E-state index is 0.0524. The molecule has 60 heavy (non-hydrogen) atoms. The fourth-order valence-corrected chi connectivity index (χ4v) is 10.3. The van der Waals surface area contributed by atoms with Crippen molar-refractivity contribution in [2.75, 3.05) is 36.4 Å². The van der Waals surface area contributed by atoms with Gasteiger partial charge in [-0.25, -0.2) is 4.90 Å². The molecule has 6 atom stereocenters. The van der Waals surface area contributed by atoms with Crippen LogP contribution in [0.5, 0.6) is 11.5 Å². The van der Waals surface area contributed by atoms with Crippen molar-refractivity contribution in [1.29, 1.82) is 0 Å². The maximum atomic E-state index is 15.5. The molecule has 4 aromatic carbocycles. The first-order valence-corrected chi connectivity index (χ1v) is 19.6. The van der Waals surface area contributed by atoms with Crippen LogP contribution < -0.4 is 20.0 Å². The van der Waals surface area contributed by atoms with E-state index < -0.39 is 79.9 Å². The van der Waals surface area contributed by atoms with Gasteiger partial charge in [-0.05, 0) is 72.9 Å². The highest BCUT2D eigenvalue weighted by molar-refractivity contribution is 6.36. The highest BCUT2D eigenvalue weighted by atomic mass is 35.5. The SMILES string of the molecule is COc1ccc(C23C(=O)N(Nc4ccc(Cl)cc4Cl)C(=O)C2CC2C(=CCC4C(=O)N(c5cc([N+](=O)[O-])c(N(C)C)c([N+](=O)[O-])c5)C(=O)C42)C3c2cc(Cl)ccc2O)cc1. The number of ether oxygens (including phenoxy) is 1. The molecule has 0 bridgehead atoms. The monoisotopic (exact) mass is 874 g/mol. The Morgan fingerprint density at radius 3 is 2.08 bits per heavy atom. The van der Waals surface area contributed by atoms with Crippen molar-refractivity contribution in [3.63, 3.8) is 0 Å². The van der Waals surface area contributed by atoms with E-state index in [1.807, 2.05) is 0 Å². The van der Waals surface area contributed by atoms with Crippen molar-refractivity contribution >= 4 is 86.9 Å². The number of nitro benzene ring substituents is 2. The average molecular weight is 876 g/mol. The van der Waals surface area contributed by atoms with Crippen molar-refractivity contribution in [2.45, 2.75) is 24.2 Å². The van der Waals surface area contributed by atoms with E-state index in [1.54, 1.807) is 30.3 Å². The van der Waals surface area contributed by atoms with Crippen molar-refractivity contribution in [2.24, 2.45) is 23.7 Å². The summed E-state index contributed by atoms with van der Waals surface area (Å²) < 4.78 is 5.42. The first-order valence-electron chi connectivity index (χ1n) is 18.5. The molecule has 2 aliphatic carbocycles. The van der Waals surface area contributed by atoms with Crippen LogP contribution in [-0.2, 0) is 24.6 Å². The number of hydrogen-bond donors (Lipinski definition) is 2. The highest BCUT2D eigenvalue weighted by Gasteiger charge is 2.71. The van der Waals surface area contributed by atoms with Crippen LogP contribution in [0.2, 0.25) is 15.1 Å². The molecule has 4 aliphatic rings. The maximum absolute atomic E-state index is 15.5. The minimum atomic E-state index is -1.80. The first-order chi connectivity index (χ1) is 28.5. The summed E-state index contributed by atoms with van der Waals surface area (Å²) in [4.78, 5) is 84.4. The Balaban J connectivity index is 1.32. The van der Waals surface area contributed by atoms with E-state index in [2.05, 4.69) is 5.43 Å². The fraction of sp³-hybridized carbons (Fsp3) is 0.268. The molecule has 19 heteroatoms. The lowest BCUT2D eigenvalue weighted by molar-refractivity contribution is -0.392. The second kappa shape index (κ2) is 14.8. The van der Waals surface area contributed by atoms with Gasteiger partial charge in [0.1, 0.15) is 11.5 Å². The lowest BCUT2D eigenvalue weighted by atomic mass is 9.49. The van der Waals surface area contributed by atoms with Crippen LogP contribution in [0.25, 0.3) is 0 Å². The normalized spacial score (nSPS) is 24.4. The lowest BCUT2D eigenvalue weighted by Gasteiger charge is -2.50. The zero-order valence-corrected chi connectivity index (χ0v) is 34.1. The second-order valence-corrected chi connectivity index (χ2v) is 16.4. The summed E-state index contributed by atoms with van der Waals surface area (Å²) in [6.45, 7) is 0. The van der Waals surface area contributed by atoms with Crippen LogP contribution in [0.3, 0.4) is 0 Å². The summed E-state index contributed by atoms with van der Waals surface area (Å²) in [6.07, 6.45) is 1.53. The zero-order chi connectivity index (χ0) is 43.1. The number of fused-ring (bicyclic) bond motifs is 4. The number of carbonyl (C=O) groups is 4. The molecule has 0 radical (unpaired) electrons. The van der Waals surface area contributed by atoms with Crippen LogP contribution in [0.1, 0.15) is 29.9 Å². The summed E-state index contributed by atoms with van der Waals surface area (Å²) in [5, 5.41) is 37.6. The molecule has 2 saturated heterocycles. The van der Waals surface area contributed by atoms with Crippen molar-refractivity contribution in [3.8, 4) is 11.5 Å². The molecule has 308 valence electrons. The Labute approximate surface area is 356 Å². The molecule has 1 saturated carbocycles. The lowest BCUT2D eigenvalue weighted by Crippen LogP contribution is -2.53. The molecule has 0 spiro atoms. The third kappa shape index (κ3) is 6.03. The number of nitrogens with one attached hydrogen (secondary N) is 1. The second-order valence-electron chi connectivity index (χ2n) is 15.2. The van der Waals surface area contributed by atoms with Gasteiger partial charge in [0, 0.05) is 47.8 Å². The molecule has 2 N–H and O–H groups in total. The predicted octanol–water partition coefficient (Wildman–Crippen LogP) is 7.43. The number of nitrogens with zero attached hydrogens (tertiary/aromatic N) is 5. The Hall–Kier alpha value is -6.23. The number of hydrazine groups is 1. The van der Waals surface area contributed by atoms with Gasteiger partial charge in [0.25, 0.3) is 11.8 Å². The van der Waals surface area contributed by atoms with Gasteiger partial charge < -0.3 is 14.7 Å². The van der Waals surface area contributed by atoms with Crippen LogP contribution in [0.15, 0.2) is 84.4 Å². The summed E-state index contributed by atoms with van der Waals surface area (Å²) in [7, 11) is 4.25. The number of anilines is 3. The van der Waals surface area contributed by atoms with Gasteiger partial charge in [-0.1, -0.05) is 58.6 Å². The maximum Gasteiger partial charge on any atom is 0.301 e. The van der Waals surface area contributed by atoms with E-state index in [-0.39, 0.29) is 51.3 Å². The van der Waals surface area contributed by atoms with E-state index in [0.717, 1.165) is 22.0 Å². The van der Waals surface area contributed by atoms with Crippen LogP contribution in [0.4, 0.5) is 28.4 Å². The number of nitro groups is 2. The number of allylic oxidation sites excluding steroid dienone is 2. The summed E-state index contributed by atoms with van der Waals surface area (Å²) in [6, 6.07) is 17.2. The average Bonchev–Trinajstić information content (AvgIpc) is 3.59. The van der Waals surface area contributed by atoms with Gasteiger partial charge in [-0.15, -0.1) is 0 Å². The number of rotatable bonds is 9. The van der Waals surface area contributed by atoms with Gasteiger partial charge in [-0.2, -0.15) is 5.01 Å². The molecule has 6 unspecified atom stereocenters. The zero-order valence-electron chi connectivity index (χ0n) is 31.8. The minimum Gasteiger partial charge on any atom is -0.508 e.